The fourth-order valence-electron chi connectivity index (χ4n) is 5.47. The van der Waals surface area contributed by atoms with Gasteiger partial charge in [-0.1, -0.05) is 74.0 Å². The Bertz CT molecular complexity index is 862. The van der Waals surface area contributed by atoms with E-state index in [1.54, 1.807) is 5.06 Å². The van der Waals surface area contributed by atoms with Gasteiger partial charge in [-0.25, -0.2) is 4.79 Å². The summed E-state index contributed by atoms with van der Waals surface area (Å²) in [6, 6.07) is 12.1. The molecular formula is C25H33N3O3. The Morgan fingerprint density at radius 3 is 2.74 bits per heavy atom. The summed E-state index contributed by atoms with van der Waals surface area (Å²) in [5.41, 5.74) is 1.96. The van der Waals surface area contributed by atoms with Crippen molar-refractivity contribution in [1.29, 1.82) is 0 Å². The molecule has 0 unspecified atom stereocenters. The fourth-order valence-corrected chi connectivity index (χ4v) is 5.47. The van der Waals surface area contributed by atoms with Crippen LogP contribution >= 0.6 is 0 Å². The van der Waals surface area contributed by atoms with Gasteiger partial charge in [-0.2, -0.15) is 5.06 Å². The lowest BCUT2D eigenvalue weighted by Crippen LogP contribution is -2.34. The van der Waals surface area contributed by atoms with E-state index in [-0.39, 0.29) is 18.1 Å². The second-order valence-corrected chi connectivity index (χ2v) is 9.38. The zero-order chi connectivity index (χ0) is 21.0. The monoisotopic (exact) mass is 423 g/mol. The number of rotatable bonds is 8. The molecule has 3 heterocycles. The number of piperidine rings is 1. The predicted molar refractivity (Wildman–Crippen MR) is 117 cm³/mol. The summed E-state index contributed by atoms with van der Waals surface area (Å²) in [6.07, 6.45) is 12.2. The maximum atomic E-state index is 13.0. The Morgan fingerprint density at radius 2 is 1.90 bits per heavy atom. The van der Waals surface area contributed by atoms with E-state index in [0.717, 1.165) is 48.6 Å². The summed E-state index contributed by atoms with van der Waals surface area (Å²) in [5.74, 6) is 1.85. The summed E-state index contributed by atoms with van der Waals surface area (Å²) in [4.78, 5) is 20.8. The Balaban J connectivity index is 1.15. The lowest BCUT2D eigenvalue weighted by atomic mass is 9.86. The molecule has 2 atom stereocenters. The van der Waals surface area contributed by atoms with Crippen LogP contribution in [0.2, 0.25) is 0 Å². The van der Waals surface area contributed by atoms with Crippen LogP contribution in [-0.4, -0.2) is 33.7 Å². The van der Waals surface area contributed by atoms with Gasteiger partial charge in [0.2, 0.25) is 0 Å². The van der Waals surface area contributed by atoms with Crippen molar-refractivity contribution in [2.24, 2.45) is 5.92 Å². The van der Waals surface area contributed by atoms with E-state index >= 15 is 0 Å². The van der Waals surface area contributed by atoms with Crippen molar-refractivity contribution < 1.29 is 14.2 Å². The highest BCUT2D eigenvalue weighted by atomic mass is 16.7. The van der Waals surface area contributed by atoms with Crippen molar-refractivity contribution in [3.63, 3.8) is 0 Å². The largest absolute Gasteiger partial charge is 0.361 e. The highest BCUT2D eigenvalue weighted by Gasteiger charge is 2.46. The molecule has 2 saturated heterocycles. The number of aryl methyl sites for hydroxylation is 1. The van der Waals surface area contributed by atoms with Crippen molar-refractivity contribution >= 4 is 6.03 Å². The number of hydrogen-bond acceptors (Lipinski definition) is 4. The molecule has 3 fully saturated rings. The van der Waals surface area contributed by atoms with E-state index in [0.29, 0.717) is 13.2 Å². The highest BCUT2D eigenvalue weighted by Crippen LogP contribution is 2.38. The third-order valence-corrected chi connectivity index (χ3v) is 7.21. The van der Waals surface area contributed by atoms with Crippen LogP contribution in [0.15, 0.2) is 40.9 Å². The molecule has 0 N–H and O–H groups in total. The van der Waals surface area contributed by atoms with Gasteiger partial charge < -0.3 is 9.42 Å². The van der Waals surface area contributed by atoms with Gasteiger partial charge in [0, 0.05) is 19.0 Å². The van der Waals surface area contributed by atoms with Crippen LogP contribution in [0.5, 0.6) is 0 Å². The molecule has 1 aromatic heterocycles. The number of carbonyl (C=O) groups excluding carboxylic acids is 1. The molecule has 6 heteroatoms. The Kier molecular flexibility index (Phi) is 6.25. The first-order chi connectivity index (χ1) is 15.3. The number of urea groups is 1. The van der Waals surface area contributed by atoms with Crippen LogP contribution in [-0.2, 0) is 17.9 Å². The van der Waals surface area contributed by atoms with Crippen LogP contribution in [0.3, 0.4) is 0 Å². The van der Waals surface area contributed by atoms with Crippen LogP contribution in [0, 0.1) is 5.92 Å². The molecule has 2 aromatic rings. The normalized spacial score (nSPS) is 24.2. The van der Waals surface area contributed by atoms with E-state index in [1.165, 1.54) is 38.5 Å². The molecule has 5 rings (SSSR count). The van der Waals surface area contributed by atoms with Crippen LogP contribution in [0.4, 0.5) is 4.79 Å². The van der Waals surface area contributed by atoms with E-state index in [1.807, 2.05) is 35.2 Å². The number of carbonyl (C=O) groups is 1. The van der Waals surface area contributed by atoms with Crippen LogP contribution < -0.4 is 0 Å². The second kappa shape index (κ2) is 9.43. The maximum absolute atomic E-state index is 13.0. The quantitative estimate of drug-likeness (QED) is 0.550. The molecule has 6 nitrogen and oxygen atoms in total. The average Bonchev–Trinajstić information content (AvgIpc) is 3.37. The van der Waals surface area contributed by atoms with Gasteiger partial charge in [0.05, 0.1) is 12.1 Å². The Morgan fingerprint density at radius 1 is 1.06 bits per heavy atom. The third-order valence-electron chi connectivity index (χ3n) is 7.21. The van der Waals surface area contributed by atoms with E-state index in [2.05, 4.69) is 11.2 Å². The van der Waals surface area contributed by atoms with Crippen LogP contribution in [0.25, 0.3) is 0 Å². The van der Waals surface area contributed by atoms with Gasteiger partial charge in [-0.05, 0) is 30.7 Å². The molecule has 31 heavy (non-hydrogen) atoms. The van der Waals surface area contributed by atoms with Crippen molar-refractivity contribution in [2.75, 3.05) is 6.54 Å². The number of amides is 2. The van der Waals surface area contributed by atoms with Gasteiger partial charge in [0.25, 0.3) is 0 Å². The minimum absolute atomic E-state index is 0.00933. The summed E-state index contributed by atoms with van der Waals surface area (Å²) in [5, 5.41) is 5.93. The van der Waals surface area contributed by atoms with Crippen molar-refractivity contribution in [3.8, 4) is 0 Å². The zero-order valence-electron chi connectivity index (χ0n) is 18.2. The minimum atomic E-state index is -0.0507. The standard InChI is InChI=1S/C25H33N3O3/c29-25-27-17-21(28(25)30-18-20-10-5-2-6-11-20)14-15-24(27)23-16-22(31-26-23)13-7-12-19-8-3-1-4-9-19/h2,5-6,10-11,16,19,21,24H,1,3-4,7-9,12-15,17-18H2/t21-,24+/m1/s1. The molecule has 2 amide bonds. The van der Waals surface area contributed by atoms with Gasteiger partial charge in [-0.15, -0.1) is 0 Å². The second-order valence-electron chi connectivity index (χ2n) is 9.38. The molecule has 2 aliphatic heterocycles. The molecule has 2 bridgehead atoms. The Labute approximate surface area is 184 Å². The summed E-state index contributed by atoms with van der Waals surface area (Å²) >= 11 is 0. The van der Waals surface area contributed by atoms with Gasteiger partial charge in [0.15, 0.2) is 0 Å². The average molecular weight is 424 g/mol. The van der Waals surface area contributed by atoms with Gasteiger partial charge >= 0.3 is 6.03 Å². The van der Waals surface area contributed by atoms with Crippen molar-refractivity contribution in [3.05, 3.63) is 53.4 Å². The summed E-state index contributed by atoms with van der Waals surface area (Å²) in [7, 11) is 0. The molecule has 0 radical (unpaired) electrons. The predicted octanol–water partition coefficient (Wildman–Crippen LogP) is 5.65. The van der Waals surface area contributed by atoms with Crippen LogP contribution in [0.1, 0.15) is 80.8 Å². The number of nitrogens with zero attached hydrogens (tertiary/aromatic N) is 3. The summed E-state index contributed by atoms with van der Waals surface area (Å²) < 4.78 is 5.65. The van der Waals surface area contributed by atoms with Crippen molar-refractivity contribution in [2.45, 2.75) is 82.9 Å². The molecule has 1 aliphatic carbocycles. The minimum Gasteiger partial charge on any atom is -0.361 e. The third kappa shape index (κ3) is 4.64. The molecule has 1 saturated carbocycles. The number of aromatic nitrogens is 1. The topological polar surface area (TPSA) is 58.8 Å². The smallest absolute Gasteiger partial charge is 0.344 e. The SMILES string of the molecule is O=C1N2C[C@@H](CC[C@H]2c2cc(CCCC3CCCCC3)on2)N1OCc1ccccc1. The zero-order valence-corrected chi connectivity index (χ0v) is 18.2. The van der Waals surface area contributed by atoms with Gasteiger partial charge in [0.1, 0.15) is 18.1 Å². The maximum Gasteiger partial charge on any atom is 0.344 e. The molecule has 1 aromatic carbocycles. The molecule has 3 aliphatic rings. The molecular weight excluding hydrogens is 390 g/mol. The Hall–Kier alpha value is -2.34. The first-order valence-corrected chi connectivity index (χ1v) is 12.0. The van der Waals surface area contributed by atoms with E-state index < -0.39 is 0 Å². The molecule has 0 spiro atoms. The molecule has 166 valence electrons. The highest BCUT2D eigenvalue weighted by molar-refractivity contribution is 5.77. The fraction of sp³-hybridized carbons (Fsp3) is 0.600. The van der Waals surface area contributed by atoms with E-state index in [4.69, 9.17) is 9.36 Å². The van der Waals surface area contributed by atoms with E-state index in [9.17, 15) is 4.79 Å². The number of fused-ring (bicyclic) bond motifs is 2. The first-order valence-electron chi connectivity index (χ1n) is 12.0. The number of benzene rings is 1. The lowest BCUT2D eigenvalue weighted by Gasteiger charge is -2.28. The number of hydrogen-bond donors (Lipinski definition) is 0. The van der Waals surface area contributed by atoms with Crippen molar-refractivity contribution in [1.82, 2.24) is 15.1 Å². The number of hydroxylamine groups is 2. The summed E-state index contributed by atoms with van der Waals surface area (Å²) in [6.45, 7) is 1.11. The van der Waals surface area contributed by atoms with Gasteiger partial charge in [-0.3, -0.25) is 4.84 Å². The first kappa shape index (κ1) is 20.6. The lowest BCUT2D eigenvalue weighted by molar-refractivity contribution is -0.140.